The number of anilines is 1. The number of amides is 1. The minimum absolute atomic E-state index is 0.122. The normalized spacial score (nSPS) is 10.6. The highest BCUT2D eigenvalue weighted by molar-refractivity contribution is 5.93. The monoisotopic (exact) mass is 401 g/mol. The lowest BCUT2D eigenvalue weighted by Crippen LogP contribution is -2.30. The van der Waals surface area contributed by atoms with Gasteiger partial charge in [-0.05, 0) is 53.8 Å². The number of carbonyl (C=O) groups is 2. The fraction of sp³-hybridized carbons (Fsp3) is 0.231. The number of nitrogens with zero attached hydrogens (tertiary/aromatic N) is 1. The van der Waals surface area contributed by atoms with Gasteiger partial charge in [-0.15, -0.1) is 0 Å². The summed E-state index contributed by atoms with van der Waals surface area (Å²) >= 11 is 0. The van der Waals surface area contributed by atoms with E-state index in [0.29, 0.717) is 18.5 Å². The van der Waals surface area contributed by atoms with Crippen LogP contribution in [0.5, 0.6) is 0 Å². The number of carboxylic acids is 1. The molecule has 0 aliphatic heterocycles. The molecular formula is C26H27NO3. The van der Waals surface area contributed by atoms with Crippen LogP contribution in [0.15, 0.2) is 72.8 Å². The van der Waals surface area contributed by atoms with Crippen LogP contribution in [0.4, 0.5) is 5.69 Å². The number of hydrogen-bond donors (Lipinski definition) is 1. The first kappa shape index (κ1) is 21.3. The first-order valence-electron chi connectivity index (χ1n) is 10.3. The molecule has 3 aromatic rings. The molecule has 0 aliphatic rings. The van der Waals surface area contributed by atoms with Gasteiger partial charge in [0, 0.05) is 12.1 Å². The van der Waals surface area contributed by atoms with Gasteiger partial charge in [-0.1, -0.05) is 67.9 Å². The molecule has 0 unspecified atom stereocenters. The Balaban J connectivity index is 1.85. The van der Waals surface area contributed by atoms with Gasteiger partial charge in [-0.3, -0.25) is 4.79 Å². The molecule has 1 amide bonds. The van der Waals surface area contributed by atoms with Crippen LogP contribution in [0, 0.1) is 6.92 Å². The van der Waals surface area contributed by atoms with Gasteiger partial charge in [0.15, 0.2) is 0 Å². The van der Waals surface area contributed by atoms with Crippen molar-refractivity contribution in [2.24, 2.45) is 0 Å². The lowest BCUT2D eigenvalue weighted by atomic mass is 9.96. The van der Waals surface area contributed by atoms with Gasteiger partial charge in [0.25, 0.3) is 0 Å². The van der Waals surface area contributed by atoms with Gasteiger partial charge in [-0.2, -0.15) is 0 Å². The zero-order chi connectivity index (χ0) is 21.5. The molecule has 0 aliphatic carbocycles. The quantitative estimate of drug-likeness (QED) is 0.497. The highest BCUT2D eigenvalue weighted by atomic mass is 16.4. The lowest BCUT2D eigenvalue weighted by molar-refractivity contribution is -0.118. The van der Waals surface area contributed by atoms with Crippen molar-refractivity contribution in [3.63, 3.8) is 0 Å². The SMILES string of the molecule is CCCCC(=O)N(Cc1ccc(-c2cccc(C(=O)O)c2C)cc1)c1ccccc1. The summed E-state index contributed by atoms with van der Waals surface area (Å²) in [6.07, 6.45) is 2.39. The van der Waals surface area contributed by atoms with Gasteiger partial charge in [0.2, 0.25) is 5.91 Å². The molecule has 0 saturated carbocycles. The van der Waals surface area contributed by atoms with Gasteiger partial charge < -0.3 is 10.0 Å². The molecule has 0 saturated heterocycles. The van der Waals surface area contributed by atoms with E-state index in [1.807, 2.05) is 72.5 Å². The van der Waals surface area contributed by atoms with Crippen molar-refractivity contribution in [2.45, 2.75) is 39.7 Å². The Kier molecular flexibility index (Phi) is 7.02. The molecule has 0 atom stereocenters. The topological polar surface area (TPSA) is 57.6 Å². The molecule has 30 heavy (non-hydrogen) atoms. The standard InChI is InChI=1S/C26H27NO3/c1-3-4-13-25(28)27(22-9-6-5-7-10-22)18-20-14-16-21(17-15-20)23-11-8-12-24(19(23)2)26(29)30/h5-12,14-17H,3-4,13,18H2,1-2H3,(H,29,30). The number of carbonyl (C=O) groups excluding carboxylic acids is 1. The molecule has 3 rings (SSSR count). The number of hydrogen-bond acceptors (Lipinski definition) is 2. The van der Waals surface area contributed by atoms with Crippen molar-refractivity contribution < 1.29 is 14.7 Å². The number of benzene rings is 3. The molecule has 0 bridgehead atoms. The molecule has 0 spiro atoms. The van der Waals surface area contributed by atoms with E-state index in [4.69, 9.17) is 0 Å². The first-order chi connectivity index (χ1) is 14.5. The van der Waals surface area contributed by atoms with Crippen LogP contribution < -0.4 is 4.90 Å². The number of carboxylic acid groups (broad SMARTS) is 1. The molecule has 0 radical (unpaired) electrons. The summed E-state index contributed by atoms with van der Waals surface area (Å²) in [6.45, 7) is 4.41. The Hall–Kier alpha value is -3.40. The first-order valence-corrected chi connectivity index (χ1v) is 10.3. The Morgan fingerprint density at radius 2 is 1.60 bits per heavy atom. The van der Waals surface area contributed by atoms with E-state index in [2.05, 4.69) is 6.92 Å². The van der Waals surface area contributed by atoms with E-state index in [9.17, 15) is 14.7 Å². The number of rotatable bonds is 8. The van der Waals surface area contributed by atoms with E-state index >= 15 is 0 Å². The summed E-state index contributed by atoms with van der Waals surface area (Å²) in [5.41, 5.74) is 4.85. The van der Waals surface area contributed by atoms with E-state index in [1.54, 1.807) is 12.1 Å². The van der Waals surface area contributed by atoms with Crippen molar-refractivity contribution in [3.8, 4) is 11.1 Å². The Bertz CT molecular complexity index is 1010. The van der Waals surface area contributed by atoms with Crippen LogP contribution in [0.3, 0.4) is 0 Å². The third-order valence-corrected chi connectivity index (χ3v) is 5.28. The molecule has 1 N–H and O–H groups in total. The van der Waals surface area contributed by atoms with Crippen molar-refractivity contribution in [1.29, 1.82) is 0 Å². The summed E-state index contributed by atoms with van der Waals surface area (Å²) in [5, 5.41) is 9.36. The number of unbranched alkanes of at least 4 members (excludes halogenated alkanes) is 1. The summed E-state index contributed by atoms with van der Waals surface area (Å²) in [7, 11) is 0. The van der Waals surface area contributed by atoms with E-state index in [0.717, 1.165) is 40.8 Å². The fourth-order valence-electron chi connectivity index (χ4n) is 3.55. The third-order valence-electron chi connectivity index (χ3n) is 5.28. The van der Waals surface area contributed by atoms with Crippen molar-refractivity contribution >= 4 is 17.6 Å². The fourth-order valence-corrected chi connectivity index (χ4v) is 3.55. The number of para-hydroxylation sites is 1. The summed E-state index contributed by atoms with van der Waals surface area (Å²) in [6, 6.07) is 23.0. The largest absolute Gasteiger partial charge is 0.478 e. The zero-order valence-electron chi connectivity index (χ0n) is 17.5. The molecular weight excluding hydrogens is 374 g/mol. The second-order valence-corrected chi connectivity index (χ2v) is 7.40. The van der Waals surface area contributed by atoms with Crippen LogP contribution in [0.2, 0.25) is 0 Å². The van der Waals surface area contributed by atoms with E-state index in [-0.39, 0.29) is 5.91 Å². The highest BCUT2D eigenvalue weighted by Gasteiger charge is 2.16. The average molecular weight is 402 g/mol. The Morgan fingerprint density at radius 1 is 0.900 bits per heavy atom. The van der Waals surface area contributed by atoms with Crippen molar-refractivity contribution in [2.75, 3.05) is 4.90 Å². The molecule has 4 nitrogen and oxygen atoms in total. The predicted octanol–water partition coefficient (Wildman–Crippen LogP) is 6.08. The average Bonchev–Trinajstić information content (AvgIpc) is 2.77. The van der Waals surface area contributed by atoms with Crippen LogP contribution >= 0.6 is 0 Å². The predicted molar refractivity (Wildman–Crippen MR) is 121 cm³/mol. The van der Waals surface area contributed by atoms with Crippen LogP contribution in [-0.4, -0.2) is 17.0 Å². The molecule has 0 heterocycles. The maximum atomic E-state index is 12.8. The molecule has 3 aromatic carbocycles. The molecule has 154 valence electrons. The van der Waals surface area contributed by atoms with Gasteiger partial charge in [0.05, 0.1) is 12.1 Å². The maximum absolute atomic E-state index is 12.8. The highest BCUT2D eigenvalue weighted by Crippen LogP contribution is 2.27. The third kappa shape index (κ3) is 4.95. The second kappa shape index (κ2) is 9.88. The van der Waals surface area contributed by atoms with E-state index < -0.39 is 5.97 Å². The minimum Gasteiger partial charge on any atom is -0.478 e. The Labute approximate surface area is 177 Å². The Morgan fingerprint density at radius 3 is 2.23 bits per heavy atom. The second-order valence-electron chi connectivity index (χ2n) is 7.40. The molecule has 0 fully saturated rings. The summed E-state index contributed by atoms with van der Waals surface area (Å²) in [5.74, 6) is -0.799. The summed E-state index contributed by atoms with van der Waals surface area (Å²) < 4.78 is 0. The van der Waals surface area contributed by atoms with Crippen LogP contribution in [0.1, 0.15) is 47.7 Å². The summed E-state index contributed by atoms with van der Waals surface area (Å²) in [4.78, 5) is 26.1. The van der Waals surface area contributed by atoms with Crippen LogP contribution in [-0.2, 0) is 11.3 Å². The van der Waals surface area contributed by atoms with Crippen molar-refractivity contribution in [1.82, 2.24) is 0 Å². The lowest BCUT2D eigenvalue weighted by Gasteiger charge is -2.23. The van der Waals surface area contributed by atoms with Gasteiger partial charge >= 0.3 is 5.97 Å². The minimum atomic E-state index is -0.921. The van der Waals surface area contributed by atoms with E-state index in [1.165, 1.54) is 0 Å². The smallest absolute Gasteiger partial charge is 0.335 e. The van der Waals surface area contributed by atoms with Gasteiger partial charge in [-0.25, -0.2) is 4.79 Å². The molecule has 0 aromatic heterocycles. The molecule has 4 heteroatoms. The number of aromatic carboxylic acids is 1. The van der Waals surface area contributed by atoms with Gasteiger partial charge in [0.1, 0.15) is 0 Å². The van der Waals surface area contributed by atoms with Crippen LogP contribution in [0.25, 0.3) is 11.1 Å². The zero-order valence-corrected chi connectivity index (χ0v) is 17.5. The van der Waals surface area contributed by atoms with Crippen molar-refractivity contribution in [3.05, 3.63) is 89.5 Å². The maximum Gasteiger partial charge on any atom is 0.335 e.